The molecule has 1 aliphatic rings. The number of aromatic nitrogens is 4. The van der Waals surface area contributed by atoms with Crippen molar-refractivity contribution in [3.05, 3.63) is 30.9 Å². The highest BCUT2D eigenvalue weighted by atomic mass is 32.2. The number of carbonyl (C=O) groups excluding carboxylic acids is 1. The van der Waals surface area contributed by atoms with Crippen LogP contribution >= 0.6 is 11.8 Å². The molecule has 1 fully saturated rings. The van der Waals surface area contributed by atoms with E-state index in [1.807, 2.05) is 6.07 Å². The largest absolute Gasteiger partial charge is 0.356 e. The third kappa shape index (κ3) is 4.62. The zero-order valence-corrected chi connectivity index (χ0v) is 13.5. The second-order valence-electron chi connectivity index (χ2n) is 5.18. The van der Waals surface area contributed by atoms with Gasteiger partial charge in [0, 0.05) is 31.5 Å². The molecule has 0 aromatic carbocycles. The van der Waals surface area contributed by atoms with E-state index in [-0.39, 0.29) is 11.7 Å². The molecule has 7 nitrogen and oxygen atoms in total. The standard InChI is InChI=1S/C15H18N6OS/c22-14(10-23-15-16-5-4-6-17-15)20-12-9-13(19-11-18-12)21-7-2-1-3-8-21/h4-6,9,11H,1-3,7-8,10H2,(H,18,19,20,22). The number of hydrogen-bond acceptors (Lipinski definition) is 7. The van der Waals surface area contributed by atoms with Crippen molar-refractivity contribution >= 4 is 29.3 Å². The Kier molecular flexibility index (Phi) is 5.36. The molecule has 3 rings (SSSR count). The summed E-state index contributed by atoms with van der Waals surface area (Å²) in [6.45, 7) is 2.01. The van der Waals surface area contributed by atoms with Crippen molar-refractivity contribution in [2.24, 2.45) is 0 Å². The lowest BCUT2D eigenvalue weighted by Crippen LogP contribution is -2.30. The van der Waals surface area contributed by atoms with Gasteiger partial charge in [-0.1, -0.05) is 11.8 Å². The van der Waals surface area contributed by atoms with Crippen LogP contribution in [0.4, 0.5) is 11.6 Å². The molecule has 120 valence electrons. The number of rotatable bonds is 5. The predicted molar refractivity (Wildman–Crippen MR) is 89.5 cm³/mol. The Hall–Kier alpha value is -2.22. The number of hydrogen-bond donors (Lipinski definition) is 1. The van der Waals surface area contributed by atoms with Gasteiger partial charge in [-0.2, -0.15) is 0 Å². The van der Waals surface area contributed by atoms with Gasteiger partial charge in [0.15, 0.2) is 5.16 Å². The van der Waals surface area contributed by atoms with Crippen molar-refractivity contribution in [2.45, 2.75) is 24.4 Å². The molecule has 0 spiro atoms. The van der Waals surface area contributed by atoms with Crippen molar-refractivity contribution in [3.8, 4) is 0 Å². The second kappa shape index (κ2) is 7.87. The van der Waals surface area contributed by atoms with Crippen LogP contribution in [-0.2, 0) is 4.79 Å². The van der Waals surface area contributed by atoms with Gasteiger partial charge < -0.3 is 10.2 Å². The van der Waals surface area contributed by atoms with Gasteiger partial charge in [0.1, 0.15) is 18.0 Å². The minimum Gasteiger partial charge on any atom is -0.356 e. The lowest BCUT2D eigenvalue weighted by Gasteiger charge is -2.27. The number of nitrogens with zero attached hydrogens (tertiary/aromatic N) is 5. The maximum absolute atomic E-state index is 12.0. The van der Waals surface area contributed by atoms with Gasteiger partial charge in [-0.25, -0.2) is 19.9 Å². The van der Waals surface area contributed by atoms with E-state index in [0.29, 0.717) is 11.0 Å². The Morgan fingerprint density at radius 3 is 2.70 bits per heavy atom. The van der Waals surface area contributed by atoms with Crippen molar-refractivity contribution < 1.29 is 4.79 Å². The van der Waals surface area contributed by atoms with Crippen molar-refractivity contribution in [2.75, 3.05) is 29.1 Å². The highest BCUT2D eigenvalue weighted by Crippen LogP contribution is 2.19. The fraction of sp³-hybridized carbons (Fsp3) is 0.400. The average Bonchev–Trinajstić information content (AvgIpc) is 2.62. The summed E-state index contributed by atoms with van der Waals surface area (Å²) in [6.07, 6.45) is 8.43. The number of anilines is 2. The van der Waals surface area contributed by atoms with Crippen molar-refractivity contribution in [1.82, 2.24) is 19.9 Å². The summed E-state index contributed by atoms with van der Waals surface area (Å²) >= 11 is 1.29. The van der Waals surface area contributed by atoms with Gasteiger partial charge in [-0.3, -0.25) is 4.79 Å². The summed E-state index contributed by atoms with van der Waals surface area (Å²) < 4.78 is 0. The van der Waals surface area contributed by atoms with Crippen LogP contribution in [0.2, 0.25) is 0 Å². The Morgan fingerprint density at radius 2 is 1.91 bits per heavy atom. The fourth-order valence-corrected chi connectivity index (χ4v) is 2.98. The summed E-state index contributed by atoms with van der Waals surface area (Å²) in [5.74, 6) is 1.51. The average molecular weight is 330 g/mol. The molecule has 2 aromatic heterocycles. The van der Waals surface area contributed by atoms with E-state index >= 15 is 0 Å². The molecule has 0 bridgehead atoms. The summed E-state index contributed by atoms with van der Waals surface area (Å²) in [6, 6.07) is 3.57. The quantitative estimate of drug-likeness (QED) is 0.663. The highest BCUT2D eigenvalue weighted by molar-refractivity contribution is 7.99. The lowest BCUT2D eigenvalue weighted by molar-refractivity contribution is -0.113. The first-order valence-electron chi connectivity index (χ1n) is 7.58. The zero-order valence-electron chi connectivity index (χ0n) is 12.7. The summed E-state index contributed by atoms with van der Waals surface area (Å²) in [5, 5.41) is 3.38. The Balaban J connectivity index is 1.55. The molecular formula is C15H18N6OS. The molecule has 0 radical (unpaired) electrons. The van der Waals surface area contributed by atoms with Crippen molar-refractivity contribution in [3.63, 3.8) is 0 Å². The smallest absolute Gasteiger partial charge is 0.236 e. The first kappa shape index (κ1) is 15.7. The minimum atomic E-state index is -0.134. The van der Waals surface area contributed by atoms with Crippen molar-refractivity contribution in [1.29, 1.82) is 0 Å². The molecule has 0 unspecified atom stereocenters. The molecule has 1 saturated heterocycles. The number of nitrogens with one attached hydrogen (secondary N) is 1. The van der Waals surface area contributed by atoms with Gasteiger partial charge in [0.05, 0.1) is 5.75 Å². The molecule has 1 aliphatic heterocycles. The molecule has 0 saturated carbocycles. The van der Waals surface area contributed by atoms with Crippen LogP contribution in [0.25, 0.3) is 0 Å². The molecule has 1 amide bonds. The van der Waals surface area contributed by atoms with E-state index in [4.69, 9.17) is 0 Å². The maximum Gasteiger partial charge on any atom is 0.236 e. The lowest BCUT2D eigenvalue weighted by atomic mass is 10.1. The highest BCUT2D eigenvalue weighted by Gasteiger charge is 2.13. The maximum atomic E-state index is 12.0. The number of amides is 1. The van der Waals surface area contributed by atoms with E-state index in [0.717, 1.165) is 18.9 Å². The molecule has 23 heavy (non-hydrogen) atoms. The zero-order chi connectivity index (χ0) is 15.9. The third-order valence-electron chi connectivity index (χ3n) is 3.47. The molecule has 1 N–H and O–H groups in total. The Morgan fingerprint density at radius 1 is 1.13 bits per heavy atom. The second-order valence-corrected chi connectivity index (χ2v) is 6.12. The fourth-order valence-electron chi connectivity index (χ4n) is 2.38. The van der Waals surface area contributed by atoms with Gasteiger partial charge in [0.25, 0.3) is 0 Å². The van der Waals surface area contributed by atoms with E-state index in [9.17, 15) is 4.79 Å². The molecule has 8 heteroatoms. The summed E-state index contributed by atoms with van der Waals surface area (Å²) in [7, 11) is 0. The van der Waals surface area contributed by atoms with Crippen LogP contribution < -0.4 is 10.2 Å². The molecule has 0 atom stereocenters. The molecule has 2 aromatic rings. The molecule has 0 aliphatic carbocycles. The Bertz CT molecular complexity index is 647. The van der Waals surface area contributed by atoms with Crippen LogP contribution in [0.15, 0.2) is 36.0 Å². The normalized spacial score (nSPS) is 14.5. The van der Waals surface area contributed by atoms with Crippen LogP contribution in [0, 0.1) is 0 Å². The van der Waals surface area contributed by atoms with E-state index in [2.05, 4.69) is 30.2 Å². The van der Waals surface area contributed by atoms with Gasteiger partial charge >= 0.3 is 0 Å². The first-order valence-corrected chi connectivity index (χ1v) is 8.56. The minimum absolute atomic E-state index is 0.134. The number of carbonyl (C=O) groups is 1. The van der Waals surface area contributed by atoms with E-state index in [1.54, 1.807) is 18.5 Å². The number of piperidine rings is 1. The molecular weight excluding hydrogens is 312 g/mol. The van der Waals surface area contributed by atoms with Crippen LogP contribution in [0.1, 0.15) is 19.3 Å². The summed E-state index contributed by atoms with van der Waals surface area (Å²) in [4.78, 5) is 30.8. The van der Waals surface area contributed by atoms with Crippen LogP contribution in [0.3, 0.4) is 0 Å². The third-order valence-corrected chi connectivity index (χ3v) is 4.35. The molecule has 3 heterocycles. The van der Waals surface area contributed by atoms with Gasteiger partial charge in [-0.05, 0) is 25.3 Å². The summed E-state index contributed by atoms with van der Waals surface area (Å²) in [5.41, 5.74) is 0. The van der Waals surface area contributed by atoms with E-state index in [1.165, 1.54) is 37.4 Å². The monoisotopic (exact) mass is 330 g/mol. The van der Waals surface area contributed by atoms with E-state index < -0.39 is 0 Å². The van der Waals surface area contributed by atoms with Crippen LogP contribution in [0.5, 0.6) is 0 Å². The predicted octanol–water partition coefficient (Wildman–Crippen LogP) is 1.99. The van der Waals surface area contributed by atoms with Gasteiger partial charge in [-0.15, -0.1) is 0 Å². The van der Waals surface area contributed by atoms with Crippen LogP contribution in [-0.4, -0.2) is 44.7 Å². The first-order chi connectivity index (χ1) is 11.3. The van der Waals surface area contributed by atoms with Gasteiger partial charge in [0.2, 0.25) is 5.91 Å². The topological polar surface area (TPSA) is 83.9 Å². The Labute approximate surface area is 139 Å². The number of thioether (sulfide) groups is 1. The SMILES string of the molecule is O=C(CSc1ncccn1)Nc1cc(N2CCCCC2)ncn1.